The number of furan rings is 1. The molecule has 0 aliphatic rings. The molecule has 1 aromatic heterocycles. The topological polar surface area (TPSA) is 19.6 Å². The summed E-state index contributed by atoms with van der Waals surface area (Å²) in [7, 11) is 0. The Balaban J connectivity index is 1.04. The van der Waals surface area contributed by atoms with Gasteiger partial charge in [-0.1, -0.05) is 178 Å². The van der Waals surface area contributed by atoms with E-state index in [1.807, 2.05) is 0 Å². The highest BCUT2D eigenvalue weighted by atomic mass is 16.3. The summed E-state index contributed by atoms with van der Waals surface area (Å²) in [4.78, 5) is 4.85. The normalized spacial score (nSPS) is 12.2. The van der Waals surface area contributed by atoms with Crippen LogP contribution in [0.1, 0.15) is 103 Å². The lowest BCUT2D eigenvalue weighted by molar-refractivity contribution is 0.590. The Morgan fingerprint density at radius 3 is 1.07 bits per heavy atom. The third-order valence-corrected chi connectivity index (χ3v) is 14.9. The van der Waals surface area contributed by atoms with Gasteiger partial charge in [0.2, 0.25) is 0 Å². The molecule has 0 fully saturated rings. The van der Waals surface area contributed by atoms with Crippen LogP contribution in [0.4, 0.5) is 34.1 Å². The molecule has 73 heavy (non-hydrogen) atoms. The number of hydrogen-bond donors (Lipinski definition) is 0. The van der Waals surface area contributed by atoms with Crippen molar-refractivity contribution < 1.29 is 4.42 Å². The molecule has 10 aromatic carbocycles. The fourth-order valence-electron chi connectivity index (χ4n) is 10.5. The lowest BCUT2D eigenvalue weighted by Crippen LogP contribution is -2.14. The molecule has 0 aliphatic heterocycles. The lowest BCUT2D eigenvalue weighted by Gasteiger charge is -2.30. The maximum absolute atomic E-state index is 6.90. The summed E-state index contributed by atoms with van der Waals surface area (Å²) in [6, 6.07) is 76.7. The summed E-state index contributed by atoms with van der Waals surface area (Å²) in [5.41, 5.74) is 18.6. The zero-order valence-corrected chi connectivity index (χ0v) is 44.1. The smallest absolute Gasteiger partial charge is 0.136 e. The first-order chi connectivity index (χ1) is 35.1. The van der Waals surface area contributed by atoms with Gasteiger partial charge in [-0.25, -0.2) is 0 Å². The van der Waals surface area contributed by atoms with Crippen LogP contribution < -0.4 is 9.80 Å². The van der Waals surface area contributed by atoms with Crippen LogP contribution in [0.2, 0.25) is 0 Å². The van der Waals surface area contributed by atoms with Gasteiger partial charge in [-0.15, -0.1) is 0 Å². The Labute approximate surface area is 432 Å². The van der Waals surface area contributed by atoms with Gasteiger partial charge in [-0.2, -0.15) is 0 Å². The van der Waals surface area contributed by atoms with Gasteiger partial charge in [-0.3, -0.25) is 0 Å². The van der Waals surface area contributed by atoms with E-state index < -0.39 is 0 Å². The SMILES string of the molecule is CC(C)c1ccc(N(c2ccc(C(C)(C)C)cc2)c2ccc3cc4c(cc3c2)oc2cc3cc(N(c5ccc(C(C)(C)C)cc5)c5ccc(C(C)C)cc5-c5ccccc5)ccc3cc24)c(-c2ccccc2)c1. The van der Waals surface area contributed by atoms with Crippen LogP contribution in [0.5, 0.6) is 0 Å². The number of benzene rings is 10. The Kier molecular flexibility index (Phi) is 12.1. The van der Waals surface area contributed by atoms with Crippen molar-refractivity contribution in [2.75, 3.05) is 9.80 Å². The number of hydrogen-bond acceptors (Lipinski definition) is 3. The molecular weight excluding hydrogens is 885 g/mol. The third kappa shape index (κ3) is 9.19. The number of fused-ring (bicyclic) bond motifs is 5. The highest BCUT2D eigenvalue weighted by Crippen LogP contribution is 2.47. The van der Waals surface area contributed by atoms with Crippen molar-refractivity contribution in [3.8, 4) is 22.3 Å². The van der Waals surface area contributed by atoms with E-state index in [4.69, 9.17) is 4.42 Å². The molecule has 362 valence electrons. The van der Waals surface area contributed by atoms with Crippen molar-refractivity contribution >= 4 is 77.6 Å². The van der Waals surface area contributed by atoms with Crippen molar-refractivity contribution in [3.05, 3.63) is 229 Å². The maximum Gasteiger partial charge on any atom is 0.136 e. The molecule has 0 radical (unpaired) electrons. The molecule has 0 bridgehead atoms. The monoisotopic (exact) mass is 951 g/mol. The van der Waals surface area contributed by atoms with E-state index >= 15 is 0 Å². The fraction of sp³-hybridized carbons (Fsp3) is 0.200. The lowest BCUT2D eigenvalue weighted by atomic mass is 9.87. The molecule has 1 heterocycles. The van der Waals surface area contributed by atoms with E-state index in [0.29, 0.717) is 11.8 Å². The first kappa shape index (κ1) is 47.4. The average molecular weight is 951 g/mol. The minimum Gasteiger partial charge on any atom is -0.456 e. The molecule has 11 aromatic rings. The van der Waals surface area contributed by atoms with Gasteiger partial charge in [-0.05, 0) is 175 Å². The van der Waals surface area contributed by atoms with Gasteiger partial charge < -0.3 is 14.2 Å². The summed E-state index contributed by atoms with van der Waals surface area (Å²) in [6.07, 6.45) is 0. The van der Waals surface area contributed by atoms with Crippen LogP contribution in [-0.2, 0) is 10.8 Å². The molecule has 0 saturated heterocycles. The molecule has 3 nitrogen and oxygen atoms in total. The standard InChI is InChI=1S/C70H66N2O/c1-45(2)49-23-35-65(61(39-49)47-17-13-11-14-18-47)71(57-31-25-55(26-32-57)69(5,6)7)59-29-21-51-41-63-64-42-52-22-30-60(38-54(52)44-68(64)73-67(63)43-53(51)37-59)72(58-33-27-56(28-34-58)70(8,9)10)66-36-24-50(46(3)4)40-62(66)48-19-15-12-16-20-48/h11-46H,1-10H3. The first-order valence-electron chi connectivity index (χ1n) is 26.1. The number of nitrogens with zero attached hydrogens (tertiary/aromatic N) is 2. The summed E-state index contributed by atoms with van der Waals surface area (Å²) >= 11 is 0. The van der Waals surface area contributed by atoms with Crippen LogP contribution in [0.25, 0.3) is 65.7 Å². The predicted octanol–water partition coefficient (Wildman–Crippen LogP) is 21.0. The average Bonchev–Trinajstić information content (AvgIpc) is 3.73. The van der Waals surface area contributed by atoms with E-state index in [2.05, 4.69) is 285 Å². The molecule has 0 atom stereocenters. The van der Waals surface area contributed by atoms with Gasteiger partial charge in [0, 0.05) is 44.6 Å². The van der Waals surface area contributed by atoms with Gasteiger partial charge >= 0.3 is 0 Å². The van der Waals surface area contributed by atoms with E-state index in [0.717, 1.165) is 66.8 Å². The summed E-state index contributed by atoms with van der Waals surface area (Å²) in [5.74, 6) is 0.795. The third-order valence-electron chi connectivity index (χ3n) is 14.9. The minimum absolute atomic E-state index is 0.0401. The van der Waals surface area contributed by atoms with Gasteiger partial charge in [0.25, 0.3) is 0 Å². The summed E-state index contributed by atoms with van der Waals surface area (Å²) in [6.45, 7) is 22.7. The predicted molar refractivity (Wildman–Crippen MR) is 315 cm³/mol. The van der Waals surface area contributed by atoms with E-state index in [9.17, 15) is 0 Å². The quantitative estimate of drug-likeness (QED) is 0.136. The zero-order chi connectivity index (χ0) is 50.8. The summed E-state index contributed by atoms with van der Waals surface area (Å²) in [5, 5.41) is 6.81. The Morgan fingerprint density at radius 1 is 0.342 bits per heavy atom. The number of anilines is 6. The highest BCUT2D eigenvalue weighted by Gasteiger charge is 2.24. The summed E-state index contributed by atoms with van der Waals surface area (Å²) < 4.78 is 6.90. The second-order valence-electron chi connectivity index (χ2n) is 22.7. The van der Waals surface area contributed by atoms with Crippen LogP contribution >= 0.6 is 0 Å². The molecule has 0 amide bonds. The van der Waals surface area contributed by atoms with Crippen molar-refractivity contribution in [1.82, 2.24) is 0 Å². The van der Waals surface area contributed by atoms with Crippen molar-refractivity contribution in [1.29, 1.82) is 0 Å². The fourth-order valence-corrected chi connectivity index (χ4v) is 10.5. The Hall–Kier alpha value is -7.88. The minimum atomic E-state index is 0.0401. The largest absolute Gasteiger partial charge is 0.456 e. The second kappa shape index (κ2) is 18.6. The maximum atomic E-state index is 6.90. The molecule has 0 unspecified atom stereocenters. The molecular formula is C70H66N2O. The van der Waals surface area contributed by atoms with Crippen LogP contribution in [0, 0.1) is 0 Å². The molecule has 11 rings (SSSR count). The zero-order valence-electron chi connectivity index (χ0n) is 44.1. The second-order valence-corrected chi connectivity index (χ2v) is 22.7. The van der Waals surface area contributed by atoms with Gasteiger partial charge in [0.15, 0.2) is 0 Å². The molecule has 0 saturated carbocycles. The van der Waals surface area contributed by atoms with E-state index in [-0.39, 0.29) is 10.8 Å². The Bertz CT molecular complexity index is 3540. The first-order valence-corrected chi connectivity index (χ1v) is 26.1. The van der Waals surface area contributed by atoms with E-state index in [1.165, 1.54) is 55.3 Å². The molecule has 0 spiro atoms. The molecule has 0 aliphatic carbocycles. The van der Waals surface area contributed by atoms with Crippen LogP contribution in [0.15, 0.2) is 211 Å². The van der Waals surface area contributed by atoms with Crippen molar-refractivity contribution in [3.63, 3.8) is 0 Å². The van der Waals surface area contributed by atoms with Gasteiger partial charge in [0.1, 0.15) is 11.2 Å². The van der Waals surface area contributed by atoms with Gasteiger partial charge in [0.05, 0.1) is 11.4 Å². The van der Waals surface area contributed by atoms with Crippen LogP contribution in [0.3, 0.4) is 0 Å². The molecule has 0 N–H and O–H groups in total. The Morgan fingerprint density at radius 2 is 0.712 bits per heavy atom. The highest BCUT2D eigenvalue weighted by molar-refractivity contribution is 6.14. The van der Waals surface area contributed by atoms with Crippen LogP contribution in [-0.4, -0.2) is 0 Å². The molecule has 3 heteroatoms. The van der Waals surface area contributed by atoms with Crippen molar-refractivity contribution in [2.24, 2.45) is 0 Å². The van der Waals surface area contributed by atoms with Crippen molar-refractivity contribution in [2.45, 2.75) is 91.9 Å². The number of rotatable bonds is 10. The van der Waals surface area contributed by atoms with E-state index in [1.54, 1.807) is 0 Å².